The Morgan fingerprint density at radius 2 is 2.00 bits per heavy atom. The van der Waals surface area contributed by atoms with Crippen LogP contribution in [-0.2, 0) is 6.42 Å². The zero-order chi connectivity index (χ0) is 16.6. The van der Waals surface area contributed by atoms with Gasteiger partial charge in [-0.3, -0.25) is 15.1 Å². The van der Waals surface area contributed by atoms with Crippen LogP contribution in [0.5, 0.6) is 0 Å². The maximum Gasteiger partial charge on any atom is 0.314 e. The van der Waals surface area contributed by atoms with Crippen molar-refractivity contribution < 1.29 is 4.92 Å². The minimum Gasteiger partial charge on any atom is -0.378 e. The summed E-state index contributed by atoms with van der Waals surface area (Å²) >= 11 is 5.88. The molecule has 0 radical (unpaired) electrons. The number of nitrogen functional groups attached to an aromatic ring is 1. The number of aromatic nitrogens is 2. The molecule has 23 heavy (non-hydrogen) atoms. The van der Waals surface area contributed by atoms with Gasteiger partial charge in [0.05, 0.1) is 10.4 Å². The number of fused-ring (bicyclic) bond motifs is 1. The Morgan fingerprint density at radius 1 is 1.22 bits per heavy atom. The molecule has 0 bridgehead atoms. The van der Waals surface area contributed by atoms with Crippen LogP contribution in [-0.4, -0.2) is 14.9 Å². The van der Waals surface area contributed by atoms with E-state index in [-0.39, 0.29) is 16.7 Å². The third-order valence-electron chi connectivity index (χ3n) is 3.54. The standard InChI is InChI=1S/C16H13ClN4O2/c1-9-2-4-11-6-10(3-5-13(11)19-9)7-12-8-14(17)20-16(18)15(12)21(22)23/h2-6,8H,7H2,1H3,(H2,18,20). The second-order valence-electron chi connectivity index (χ2n) is 5.25. The number of nitrogens with zero attached hydrogens (tertiary/aromatic N) is 3. The maximum atomic E-state index is 11.2. The molecule has 0 saturated carbocycles. The van der Waals surface area contributed by atoms with E-state index in [9.17, 15) is 10.1 Å². The van der Waals surface area contributed by atoms with E-state index < -0.39 is 4.92 Å². The maximum absolute atomic E-state index is 11.2. The van der Waals surface area contributed by atoms with Gasteiger partial charge in [-0.2, -0.15) is 0 Å². The number of aryl methyl sites for hydroxylation is 1. The highest BCUT2D eigenvalue weighted by Gasteiger charge is 2.21. The molecule has 0 unspecified atom stereocenters. The summed E-state index contributed by atoms with van der Waals surface area (Å²) in [7, 11) is 0. The van der Waals surface area contributed by atoms with E-state index in [4.69, 9.17) is 17.3 Å². The van der Waals surface area contributed by atoms with Crippen LogP contribution in [0.3, 0.4) is 0 Å². The Morgan fingerprint density at radius 3 is 2.74 bits per heavy atom. The van der Waals surface area contributed by atoms with Crippen molar-refractivity contribution in [3.63, 3.8) is 0 Å². The number of benzene rings is 1. The minimum atomic E-state index is -0.528. The quantitative estimate of drug-likeness (QED) is 0.449. The van der Waals surface area contributed by atoms with Crippen LogP contribution in [0.4, 0.5) is 11.5 Å². The second-order valence-corrected chi connectivity index (χ2v) is 5.64. The van der Waals surface area contributed by atoms with Crippen LogP contribution in [0.25, 0.3) is 10.9 Å². The number of hydrogen-bond acceptors (Lipinski definition) is 5. The van der Waals surface area contributed by atoms with Gasteiger partial charge in [-0.1, -0.05) is 23.7 Å². The molecule has 2 aromatic heterocycles. The Balaban J connectivity index is 2.05. The molecule has 0 aliphatic heterocycles. The normalized spacial score (nSPS) is 10.9. The van der Waals surface area contributed by atoms with Gasteiger partial charge in [-0.25, -0.2) is 4.98 Å². The molecule has 3 rings (SSSR count). The van der Waals surface area contributed by atoms with Crippen LogP contribution in [0.1, 0.15) is 16.8 Å². The lowest BCUT2D eigenvalue weighted by Crippen LogP contribution is -2.04. The lowest BCUT2D eigenvalue weighted by molar-refractivity contribution is -0.384. The highest BCUT2D eigenvalue weighted by molar-refractivity contribution is 6.29. The zero-order valence-corrected chi connectivity index (χ0v) is 13.0. The second kappa shape index (κ2) is 5.81. The van der Waals surface area contributed by atoms with Crippen molar-refractivity contribution >= 4 is 34.0 Å². The van der Waals surface area contributed by atoms with Crippen LogP contribution >= 0.6 is 11.6 Å². The van der Waals surface area contributed by atoms with Gasteiger partial charge in [-0.05, 0) is 36.8 Å². The molecule has 6 nitrogen and oxygen atoms in total. The van der Waals surface area contributed by atoms with Crippen molar-refractivity contribution in [3.05, 3.63) is 68.5 Å². The molecule has 7 heteroatoms. The molecule has 0 atom stereocenters. The summed E-state index contributed by atoms with van der Waals surface area (Å²) in [5.41, 5.74) is 8.61. The van der Waals surface area contributed by atoms with E-state index >= 15 is 0 Å². The predicted molar refractivity (Wildman–Crippen MR) is 89.6 cm³/mol. The molecule has 0 spiro atoms. The monoisotopic (exact) mass is 328 g/mol. The lowest BCUT2D eigenvalue weighted by atomic mass is 10.0. The van der Waals surface area contributed by atoms with Crippen molar-refractivity contribution in [1.82, 2.24) is 9.97 Å². The summed E-state index contributed by atoms with van der Waals surface area (Å²) in [4.78, 5) is 18.9. The Hall–Kier alpha value is -2.73. The molecule has 2 N–H and O–H groups in total. The summed E-state index contributed by atoms with van der Waals surface area (Å²) in [6.07, 6.45) is 0.340. The molecular weight excluding hydrogens is 316 g/mol. The lowest BCUT2D eigenvalue weighted by Gasteiger charge is -2.07. The van der Waals surface area contributed by atoms with Crippen molar-refractivity contribution in [2.75, 3.05) is 5.73 Å². The number of pyridine rings is 2. The molecule has 2 heterocycles. The Labute approximate surface area is 137 Å². The van der Waals surface area contributed by atoms with E-state index in [0.29, 0.717) is 12.0 Å². The van der Waals surface area contributed by atoms with Crippen molar-refractivity contribution in [2.24, 2.45) is 0 Å². The fourth-order valence-electron chi connectivity index (χ4n) is 2.53. The summed E-state index contributed by atoms with van der Waals surface area (Å²) in [5, 5.41) is 12.3. The zero-order valence-electron chi connectivity index (χ0n) is 12.3. The first kappa shape index (κ1) is 15.2. The Kier molecular flexibility index (Phi) is 3.83. The number of nitrogens with two attached hydrogens (primary N) is 1. The third-order valence-corrected chi connectivity index (χ3v) is 3.73. The van der Waals surface area contributed by atoms with Gasteiger partial charge in [0.25, 0.3) is 0 Å². The molecule has 3 aromatic rings. The number of halogens is 1. The van der Waals surface area contributed by atoms with E-state index in [2.05, 4.69) is 9.97 Å². The summed E-state index contributed by atoms with van der Waals surface area (Å²) in [6.45, 7) is 1.93. The van der Waals surface area contributed by atoms with Gasteiger partial charge in [0.15, 0.2) is 0 Å². The molecule has 116 valence electrons. The van der Waals surface area contributed by atoms with Crippen molar-refractivity contribution in [2.45, 2.75) is 13.3 Å². The molecule has 0 saturated heterocycles. The summed E-state index contributed by atoms with van der Waals surface area (Å²) in [5.74, 6) is -0.171. The predicted octanol–water partition coefficient (Wildman–Crippen LogP) is 3.67. The first-order valence-corrected chi connectivity index (χ1v) is 7.27. The molecule has 0 fully saturated rings. The summed E-state index contributed by atoms with van der Waals surface area (Å²) < 4.78 is 0. The smallest absolute Gasteiger partial charge is 0.314 e. The van der Waals surface area contributed by atoms with Gasteiger partial charge in [0, 0.05) is 23.1 Å². The Bertz CT molecular complexity index is 927. The van der Waals surface area contributed by atoms with Crippen molar-refractivity contribution in [3.8, 4) is 0 Å². The van der Waals surface area contributed by atoms with Gasteiger partial charge >= 0.3 is 5.69 Å². The molecule has 1 aromatic carbocycles. The fraction of sp³-hybridized carbons (Fsp3) is 0.125. The number of hydrogen-bond donors (Lipinski definition) is 1. The molecule has 0 aliphatic carbocycles. The first-order valence-electron chi connectivity index (χ1n) is 6.89. The average molecular weight is 329 g/mol. The van der Waals surface area contributed by atoms with Crippen LogP contribution in [0.15, 0.2) is 36.4 Å². The molecular formula is C16H13ClN4O2. The van der Waals surface area contributed by atoms with Crippen LogP contribution < -0.4 is 5.73 Å². The van der Waals surface area contributed by atoms with E-state index in [0.717, 1.165) is 22.2 Å². The first-order chi connectivity index (χ1) is 10.9. The van der Waals surface area contributed by atoms with Gasteiger partial charge in [0.2, 0.25) is 5.82 Å². The van der Waals surface area contributed by atoms with Crippen LogP contribution in [0, 0.1) is 17.0 Å². The highest BCUT2D eigenvalue weighted by atomic mass is 35.5. The average Bonchev–Trinajstić information content (AvgIpc) is 2.46. The van der Waals surface area contributed by atoms with Gasteiger partial charge < -0.3 is 5.73 Å². The largest absolute Gasteiger partial charge is 0.378 e. The van der Waals surface area contributed by atoms with E-state index in [1.54, 1.807) is 0 Å². The van der Waals surface area contributed by atoms with E-state index in [1.807, 2.05) is 37.3 Å². The van der Waals surface area contributed by atoms with Crippen LogP contribution in [0.2, 0.25) is 5.15 Å². The van der Waals surface area contributed by atoms with Gasteiger partial charge in [-0.15, -0.1) is 0 Å². The topological polar surface area (TPSA) is 94.9 Å². The highest BCUT2D eigenvalue weighted by Crippen LogP contribution is 2.29. The number of nitro groups is 1. The SMILES string of the molecule is Cc1ccc2cc(Cc3cc(Cl)nc(N)c3[N+](=O)[O-])ccc2n1. The summed E-state index contributed by atoms with van der Waals surface area (Å²) in [6, 6.07) is 11.1. The minimum absolute atomic E-state index is 0.140. The third kappa shape index (κ3) is 3.07. The molecule has 0 amide bonds. The number of anilines is 1. The fourth-order valence-corrected chi connectivity index (χ4v) is 2.75. The molecule has 0 aliphatic rings. The van der Waals surface area contributed by atoms with Gasteiger partial charge in [0.1, 0.15) is 5.15 Å². The van der Waals surface area contributed by atoms with E-state index in [1.165, 1.54) is 6.07 Å². The number of rotatable bonds is 3. The van der Waals surface area contributed by atoms with Crippen molar-refractivity contribution in [1.29, 1.82) is 0 Å².